The van der Waals surface area contributed by atoms with Crippen LogP contribution in [0.2, 0.25) is 0 Å². The summed E-state index contributed by atoms with van der Waals surface area (Å²) in [6.07, 6.45) is 2.48. The van der Waals surface area contributed by atoms with E-state index in [-0.39, 0.29) is 17.3 Å². The molecule has 6 nitrogen and oxygen atoms in total. The Hall–Kier alpha value is -1.64. The maximum atomic E-state index is 12.3. The molecule has 2 aromatic rings. The van der Waals surface area contributed by atoms with Gasteiger partial charge in [-0.2, -0.15) is 0 Å². The zero-order valence-corrected chi connectivity index (χ0v) is 16.7. The lowest BCUT2D eigenvalue weighted by Gasteiger charge is -2.10. The minimum Gasteiger partial charge on any atom is -0.376 e. The highest BCUT2D eigenvalue weighted by atomic mass is 32.2. The topological polar surface area (TPSA) is 76.1 Å². The van der Waals surface area contributed by atoms with Crippen LogP contribution in [-0.2, 0) is 16.1 Å². The van der Waals surface area contributed by atoms with Crippen molar-refractivity contribution in [3.63, 3.8) is 0 Å². The van der Waals surface area contributed by atoms with Crippen LogP contribution in [0.25, 0.3) is 0 Å². The molecular formula is C18H24N4O2S2. The van der Waals surface area contributed by atoms with Crippen molar-refractivity contribution in [2.45, 2.75) is 48.9 Å². The predicted molar refractivity (Wildman–Crippen MR) is 106 cm³/mol. The molecule has 1 fully saturated rings. The van der Waals surface area contributed by atoms with Crippen LogP contribution in [-0.4, -0.2) is 40.6 Å². The van der Waals surface area contributed by atoms with Gasteiger partial charge >= 0.3 is 0 Å². The molecule has 1 aromatic carbocycles. The maximum Gasteiger partial charge on any atom is 0.233 e. The third-order valence-electron chi connectivity index (χ3n) is 4.15. The van der Waals surface area contributed by atoms with E-state index in [1.54, 1.807) is 0 Å². The number of nitrogens with one attached hydrogen (secondary N) is 2. The maximum absolute atomic E-state index is 12.3. The van der Waals surface area contributed by atoms with Crippen LogP contribution in [0.3, 0.4) is 0 Å². The van der Waals surface area contributed by atoms with Gasteiger partial charge in [-0.05, 0) is 32.3 Å². The van der Waals surface area contributed by atoms with Gasteiger partial charge in [-0.1, -0.05) is 52.9 Å². The SMILES string of the molecule is Cc1ccc(CNC(=O)C(C)Sc2nnc(NCC3CCCO3)s2)cc1. The number of carbonyl (C=O) groups is 1. The second-order valence-corrected chi connectivity index (χ2v) is 8.92. The first-order chi connectivity index (χ1) is 12.6. The highest BCUT2D eigenvalue weighted by molar-refractivity contribution is 8.02. The molecule has 140 valence electrons. The predicted octanol–water partition coefficient (Wildman–Crippen LogP) is 3.23. The molecule has 26 heavy (non-hydrogen) atoms. The second-order valence-electron chi connectivity index (χ2n) is 6.35. The molecule has 2 N–H and O–H groups in total. The smallest absolute Gasteiger partial charge is 0.233 e. The Morgan fingerprint density at radius 3 is 2.92 bits per heavy atom. The van der Waals surface area contributed by atoms with Crippen molar-refractivity contribution in [2.24, 2.45) is 0 Å². The Morgan fingerprint density at radius 2 is 2.19 bits per heavy atom. The lowest BCUT2D eigenvalue weighted by Crippen LogP contribution is -2.30. The number of aryl methyl sites for hydroxylation is 1. The molecule has 0 spiro atoms. The average Bonchev–Trinajstić information content (AvgIpc) is 3.31. The minimum absolute atomic E-state index is 0.000334. The number of carbonyl (C=O) groups excluding carboxylic acids is 1. The summed E-state index contributed by atoms with van der Waals surface area (Å²) in [5.41, 5.74) is 2.31. The number of hydrogen-bond donors (Lipinski definition) is 2. The van der Waals surface area contributed by atoms with Crippen LogP contribution in [0.4, 0.5) is 5.13 Å². The molecule has 1 aliphatic rings. The normalized spacial score (nSPS) is 17.8. The van der Waals surface area contributed by atoms with E-state index >= 15 is 0 Å². The van der Waals surface area contributed by atoms with Crippen molar-refractivity contribution >= 4 is 34.1 Å². The Kier molecular flexibility index (Phi) is 6.87. The van der Waals surface area contributed by atoms with Crippen LogP contribution in [0.5, 0.6) is 0 Å². The van der Waals surface area contributed by atoms with Gasteiger partial charge in [0.1, 0.15) is 0 Å². The number of ether oxygens (including phenoxy) is 1. The molecule has 2 atom stereocenters. The Balaban J connectivity index is 1.42. The molecule has 1 amide bonds. The zero-order valence-electron chi connectivity index (χ0n) is 15.0. The van der Waals surface area contributed by atoms with Crippen LogP contribution < -0.4 is 10.6 Å². The van der Waals surface area contributed by atoms with Gasteiger partial charge in [-0.3, -0.25) is 4.79 Å². The fourth-order valence-corrected chi connectivity index (χ4v) is 4.51. The van der Waals surface area contributed by atoms with E-state index in [9.17, 15) is 4.79 Å². The summed E-state index contributed by atoms with van der Waals surface area (Å²) in [5, 5.41) is 15.1. The van der Waals surface area contributed by atoms with Gasteiger partial charge in [0.25, 0.3) is 0 Å². The molecule has 8 heteroatoms. The van der Waals surface area contributed by atoms with E-state index in [4.69, 9.17) is 4.74 Å². The standard InChI is InChI=1S/C18H24N4O2S2/c1-12-5-7-14(8-6-12)10-19-16(23)13(2)25-18-22-21-17(26-18)20-11-15-4-3-9-24-15/h5-8,13,15H,3-4,9-11H2,1-2H3,(H,19,23)(H,20,21). The number of amides is 1. The first-order valence-electron chi connectivity index (χ1n) is 8.79. The summed E-state index contributed by atoms with van der Waals surface area (Å²) in [6, 6.07) is 8.16. The quantitative estimate of drug-likeness (QED) is 0.672. The molecule has 0 bridgehead atoms. The van der Waals surface area contributed by atoms with E-state index in [1.807, 2.05) is 38.1 Å². The molecule has 3 rings (SSSR count). The Labute approximate surface area is 162 Å². The summed E-state index contributed by atoms with van der Waals surface area (Å²) >= 11 is 2.90. The molecule has 2 unspecified atom stereocenters. The van der Waals surface area contributed by atoms with Crippen molar-refractivity contribution in [3.05, 3.63) is 35.4 Å². The first kappa shape index (κ1) is 19.1. The highest BCUT2D eigenvalue weighted by Crippen LogP contribution is 2.29. The van der Waals surface area contributed by atoms with Gasteiger partial charge in [-0.25, -0.2) is 0 Å². The Bertz CT molecular complexity index is 714. The number of aromatic nitrogens is 2. The summed E-state index contributed by atoms with van der Waals surface area (Å²) in [5.74, 6) is -0.000334. The first-order valence-corrected chi connectivity index (χ1v) is 10.5. The van der Waals surface area contributed by atoms with Crippen molar-refractivity contribution in [1.29, 1.82) is 0 Å². The number of hydrogen-bond acceptors (Lipinski definition) is 7. The van der Waals surface area contributed by atoms with E-state index in [0.717, 1.165) is 41.0 Å². The van der Waals surface area contributed by atoms with E-state index in [0.29, 0.717) is 6.54 Å². The van der Waals surface area contributed by atoms with Crippen molar-refractivity contribution in [2.75, 3.05) is 18.5 Å². The summed E-state index contributed by atoms with van der Waals surface area (Å²) < 4.78 is 6.37. The largest absolute Gasteiger partial charge is 0.376 e. The molecule has 0 radical (unpaired) electrons. The van der Waals surface area contributed by atoms with Crippen molar-refractivity contribution in [1.82, 2.24) is 15.5 Å². The third kappa shape index (κ3) is 5.69. The highest BCUT2D eigenvalue weighted by Gasteiger charge is 2.18. The van der Waals surface area contributed by atoms with Gasteiger partial charge in [0.05, 0.1) is 11.4 Å². The summed E-state index contributed by atoms with van der Waals surface area (Å²) in [7, 11) is 0. The molecule has 1 aromatic heterocycles. The van der Waals surface area contributed by atoms with Crippen LogP contribution in [0.15, 0.2) is 28.6 Å². The fraction of sp³-hybridized carbons (Fsp3) is 0.500. The molecule has 2 heterocycles. The van der Waals surface area contributed by atoms with Crippen molar-refractivity contribution < 1.29 is 9.53 Å². The fourth-order valence-electron chi connectivity index (χ4n) is 2.58. The lowest BCUT2D eigenvalue weighted by molar-refractivity contribution is -0.120. The summed E-state index contributed by atoms with van der Waals surface area (Å²) in [4.78, 5) is 12.3. The summed E-state index contributed by atoms with van der Waals surface area (Å²) in [6.45, 7) is 6.07. The third-order valence-corrected chi connectivity index (χ3v) is 6.21. The molecular weight excluding hydrogens is 368 g/mol. The van der Waals surface area contributed by atoms with Gasteiger partial charge in [0.15, 0.2) is 4.34 Å². The average molecular weight is 393 g/mol. The van der Waals surface area contributed by atoms with Crippen LogP contribution in [0, 0.1) is 6.92 Å². The van der Waals surface area contributed by atoms with Gasteiger partial charge in [-0.15, -0.1) is 10.2 Å². The van der Waals surface area contributed by atoms with E-state index in [1.165, 1.54) is 28.7 Å². The zero-order chi connectivity index (χ0) is 18.4. The number of benzene rings is 1. The van der Waals surface area contributed by atoms with E-state index < -0.39 is 0 Å². The number of rotatable bonds is 8. The molecule has 0 saturated carbocycles. The molecule has 1 saturated heterocycles. The molecule has 0 aliphatic carbocycles. The van der Waals surface area contributed by atoms with Gasteiger partial charge < -0.3 is 15.4 Å². The van der Waals surface area contributed by atoms with Crippen LogP contribution in [0.1, 0.15) is 30.9 Å². The van der Waals surface area contributed by atoms with Gasteiger partial charge in [0, 0.05) is 19.7 Å². The number of nitrogens with zero attached hydrogens (tertiary/aromatic N) is 2. The molecule has 1 aliphatic heterocycles. The van der Waals surface area contributed by atoms with Crippen molar-refractivity contribution in [3.8, 4) is 0 Å². The second kappa shape index (κ2) is 9.34. The van der Waals surface area contributed by atoms with Crippen LogP contribution >= 0.6 is 23.1 Å². The van der Waals surface area contributed by atoms with Gasteiger partial charge in [0.2, 0.25) is 11.0 Å². The minimum atomic E-state index is -0.223. The lowest BCUT2D eigenvalue weighted by atomic mass is 10.1. The Morgan fingerprint density at radius 1 is 1.38 bits per heavy atom. The number of thioether (sulfide) groups is 1. The van der Waals surface area contributed by atoms with E-state index in [2.05, 4.69) is 20.8 Å². The monoisotopic (exact) mass is 392 g/mol. The number of anilines is 1.